The first-order chi connectivity index (χ1) is 12.7. The highest BCUT2D eigenvalue weighted by molar-refractivity contribution is 14.0. The maximum atomic E-state index is 5.93. The van der Waals surface area contributed by atoms with E-state index in [9.17, 15) is 0 Å². The third-order valence-electron chi connectivity index (χ3n) is 5.48. The van der Waals surface area contributed by atoms with Gasteiger partial charge in [-0.05, 0) is 44.8 Å². The van der Waals surface area contributed by atoms with Crippen molar-refractivity contribution < 1.29 is 4.74 Å². The highest BCUT2D eigenvalue weighted by atomic mass is 127. The van der Waals surface area contributed by atoms with Gasteiger partial charge in [0.1, 0.15) is 6.10 Å². The van der Waals surface area contributed by atoms with Crippen molar-refractivity contribution in [3.8, 4) is 0 Å². The largest absolute Gasteiger partial charge is 0.370 e. The molecule has 1 aromatic rings. The van der Waals surface area contributed by atoms with Gasteiger partial charge in [-0.1, -0.05) is 6.92 Å². The summed E-state index contributed by atoms with van der Waals surface area (Å²) < 4.78 is 7.76. The van der Waals surface area contributed by atoms with Crippen molar-refractivity contribution >= 4 is 29.9 Å². The van der Waals surface area contributed by atoms with Crippen molar-refractivity contribution in [3.63, 3.8) is 0 Å². The number of nitrogens with zero attached hydrogens (tertiary/aromatic N) is 5. The zero-order chi connectivity index (χ0) is 18.4. The third-order valence-corrected chi connectivity index (χ3v) is 5.48. The van der Waals surface area contributed by atoms with Crippen LogP contribution in [0.1, 0.15) is 37.9 Å². The summed E-state index contributed by atoms with van der Waals surface area (Å²) in [5.74, 6) is 1.88. The highest BCUT2D eigenvalue weighted by Gasteiger charge is 2.25. The van der Waals surface area contributed by atoms with Gasteiger partial charge in [-0.25, -0.2) is 0 Å². The van der Waals surface area contributed by atoms with E-state index in [0.29, 0.717) is 6.61 Å². The van der Waals surface area contributed by atoms with Crippen LogP contribution in [-0.2, 0) is 11.8 Å². The Bertz CT molecular complexity index is 585. The summed E-state index contributed by atoms with van der Waals surface area (Å²) >= 11 is 0. The zero-order valence-corrected chi connectivity index (χ0v) is 19.3. The topological polar surface area (TPSA) is 57.9 Å². The number of halogens is 1. The molecule has 0 amide bonds. The number of morpholine rings is 1. The standard InChI is InChI=1S/C19H34N6O.HI/c1-16-5-9-24(10-6-16)8-4-7-21-19(20-2)25-11-12-26-18(15-25)17-13-22-23(3)14-17;/h13-14,16,18H,4-12,15H2,1-3H3,(H,20,21);1H. The van der Waals surface area contributed by atoms with Crippen molar-refractivity contribution in [2.45, 2.75) is 32.3 Å². The van der Waals surface area contributed by atoms with E-state index in [1.165, 1.54) is 32.5 Å². The Kier molecular flexibility index (Phi) is 9.31. The fraction of sp³-hybridized carbons (Fsp3) is 0.789. The van der Waals surface area contributed by atoms with Gasteiger partial charge in [0.25, 0.3) is 0 Å². The first-order valence-electron chi connectivity index (χ1n) is 9.94. The Hall–Kier alpha value is -0.870. The van der Waals surface area contributed by atoms with Crippen LogP contribution in [0.15, 0.2) is 17.4 Å². The number of hydrogen-bond donors (Lipinski definition) is 1. The minimum atomic E-state index is 0. The van der Waals surface area contributed by atoms with E-state index < -0.39 is 0 Å². The molecule has 8 heteroatoms. The second kappa shape index (κ2) is 11.2. The van der Waals surface area contributed by atoms with Crippen molar-refractivity contribution in [2.24, 2.45) is 18.0 Å². The van der Waals surface area contributed by atoms with E-state index in [0.717, 1.165) is 43.5 Å². The smallest absolute Gasteiger partial charge is 0.193 e. The molecule has 0 spiro atoms. The lowest BCUT2D eigenvalue weighted by atomic mass is 9.99. The first kappa shape index (κ1) is 22.4. The van der Waals surface area contributed by atoms with Crippen LogP contribution < -0.4 is 5.32 Å². The maximum Gasteiger partial charge on any atom is 0.193 e. The van der Waals surface area contributed by atoms with Crippen LogP contribution in [0, 0.1) is 5.92 Å². The molecule has 2 aliphatic rings. The Morgan fingerprint density at radius 3 is 2.78 bits per heavy atom. The SMILES string of the molecule is CN=C(NCCCN1CCC(C)CC1)N1CCOC(c2cnn(C)c2)C1.I. The summed E-state index contributed by atoms with van der Waals surface area (Å²) in [6, 6.07) is 0. The lowest BCUT2D eigenvalue weighted by Gasteiger charge is -2.35. The van der Waals surface area contributed by atoms with Gasteiger partial charge in [-0.15, -0.1) is 24.0 Å². The summed E-state index contributed by atoms with van der Waals surface area (Å²) in [7, 11) is 3.80. The number of aliphatic imine (C=N–C) groups is 1. The average molecular weight is 490 g/mol. The zero-order valence-electron chi connectivity index (χ0n) is 16.9. The molecule has 27 heavy (non-hydrogen) atoms. The Balaban J connectivity index is 0.00000261. The lowest BCUT2D eigenvalue weighted by molar-refractivity contribution is -0.00803. The predicted molar refractivity (Wildman–Crippen MR) is 120 cm³/mol. The van der Waals surface area contributed by atoms with E-state index in [2.05, 4.69) is 32.1 Å². The molecule has 1 N–H and O–H groups in total. The van der Waals surface area contributed by atoms with Gasteiger partial charge >= 0.3 is 0 Å². The Morgan fingerprint density at radius 2 is 2.11 bits per heavy atom. The van der Waals surface area contributed by atoms with E-state index in [1.807, 2.05) is 31.2 Å². The van der Waals surface area contributed by atoms with Crippen LogP contribution in [-0.4, -0.2) is 78.5 Å². The van der Waals surface area contributed by atoms with E-state index in [4.69, 9.17) is 4.74 Å². The number of ether oxygens (including phenoxy) is 1. The molecule has 3 rings (SSSR count). The van der Waals surface area contributed by atoms with Gasteiger partial charge in [-0.2, -0.15) is 5.10 Å². The van der Waals surface area contributed by atoms with Gasteiger partial charge in [0.2, 0.25) is 0 Å². The second-order valence-corrected chi connectivity index (χ2v) is 7.60. The molecule has 1 unspecified atom stereocenters. The summed E-state index contributed by atoms with van der Waals surface area (Å²) in [4.78, 5) is 9.37. The van der Waals surface area contributed by atoms with Crippen LogP contribution in [0.4, 0.5) is 0 Å². The molecule has 2 fully saturated rings. The first-order valence-corrected chi connectivity index (χ1v) is 9.94. The number of hydrogen-bond acceptors (Lipinski definition) is 4. The number of aryl methyl sites for hydroxylation is 1. The molecular weight excluding hydrogens is 455 g/mol. The molecule has 1 aromatic heterocycles. The average Bonchev–Trinajstić information content (AvgIpc) is 3.10. The van der Waals surface area contributed by atoms with E-state index >= 15 is 0 Å². The van der Waals surface area contributed by atoms with Gasteiger partial charge in [-0.3, -0.25) is 9.67 Å². The molecule has 2 saturated heterocycles. The van der Waals surface area contributed by atoms with Crippen molar-refractivity contribution in [1.29, 1.82) is 0 Å². The summed E-state index contributed by atoms with van der Waals surface area (Å²) in [6.45, 7) is 9.43. The summed E-state index contributed by atoms with van der Waals surface area (Å²) in [5, 5.41) is 7.80. The molecule has 0 aromatic carbocycles. The molecular formula is C19H35IN6O. The van der Waals surface area contributed by atoms with Gasteiger partial charge in [0.05, 0.1) is 19.3 Å². The number of nitrogens with one attached hydrogen (secondary N) is 1. The quantitative estimate of drug-likeness (QED) is 0.297. The summed E-state index contributed by atoms with van der Waals surface area (Å²) in [6.07, 6.45) is 7.83. The molecule has 1 atom stereocenters. The fourth-order valence-corrected chi connectivity index (χ4v) is 3.77. The van der Waals surface area contributed by atoms with Crippen molar-refractivity contribution in [3.05, 3.63) is 18.0 Å². The van der Waals surface area contributed by atoms with Crippen LogP contribution >= 0.6 is 24.0 Å². The fourth-order valence-electron chi connectivity index (χ4n) is 3.77. The number of guanidine groups is 1. The molecule has 0 bridgehead atoms. The second-order valence-electron chi connectivity index (χ2n) is 7.60. The molecule has 154 valence electrons. The molecule has 0 radical (unpaired) electrons. The van der Waals surface area contributed by atoms with Crippen LogP contribution in [0.5, 0.6) is 0 Å². The van der Waals surface area contributed by atoms with Gasteiger partial charge in [0, 0.05) is 38.9 Å². The highest BCUT2D eigenvalue weighted by Crippen LogP contribution is 2.21. The van der Waals surface area contributed by atoms with Crippen LogP contribution in [0.25, 0.3) is 0 Å². The van der Waals surface area contributed by atoms with Crippen molar-refractivity contribution in [1.82, 2.24) is 24.9 Å². The van der Waals surface area contributed by atoms with Crippen molar-refractivity contribution in [2.75, 3.05) is 52.9 Å². The minimum Gasteiger partial charge on any atom is -0.370 e. The lowest BCUT2D eigenvalue weighted by Crippen LogP contribution is -2.48. The Morgan fingerprint density at radius 1 is 1.33 bits per heavy atom. The number of piperidine rings is 1. The van der Waals surface area contributed by atoms with Gasteiger partial charge in [0.15, 0.2) is 5.96 Å². The number of aromatic nitrogens is 2. The van der Waals surface area contributed by atoms with E-state index in [-0.39, 0.29) is 30.1 Å². The summed E-state index contributed by atoms with van der Waals surface area (Å²) in [5.41, 5.74) is 1.13. The van der Waals surface area contributed by atoms with Gasteiger partial charge < -0.3 is 19.9 Å². The number of rotatable bonds is 5. The predicted octanol–water partition coefficient (Wildman–Crippen LogP) is 2.11. The Labute approximate surface area is 180 Å². The maximum absolute atomic E-state index is 5.93. The molecule has 7 nitrogen and oxygen atoms in total. The third kappa shape index (κ3) is 6.60. The molecule has 2 aliphatic heterocycles. The minimum absolute atomic E-state index is 0. The van der Waals surface area contributed by atoms with E-state index in [1.54, 1.807) is 0 Å². The molecule has 0 aliphatic carbocycles. The number of likely N-dealkylation sites (tertiary alicyclic amines) is 1. The normalized spacial score (nSPS) is 22.6. The molecule has 0 saturated carbocycles. The molecule has 3 heterocycles. The monoisotopic (exact) mass is 490 g/mol. The van der Waals surface area contributed by atoms with Crippen LogP contribution in [0.3, 0.4) is 0 Å². The van der Waals surface area contributed by atoms with Crippen LogP contribution in [0.2, 0.25) is 0 Å².